The molecule has 0 aromatic carbocycles. The number of nitriles is 1. The van der Waals surface area contributed by atoms with Crippen molar-refractivity contribution in [1.29, 1.82) is 5.26 Å². The second-order valence-corrected chi connectivity index (χ2v) is 4.17. The Bertz CT molecular complexity index is 625. The van der Waals surface area contributed by atoms with Crippen molar-refractivity contribution in [1.82, 2.24) is 0 Å². The van der Waals surface area contributed by atoms with Crippen LogP contribution in [0.25, 0.3) is 0 Å². The van der Waals surface area contributed by atoms with E-state index in [-0.39, 0.29) is 29.6 Å². The second kappa shape index (κ2) is 5.48. The molecule has 7 heteroatoms. The molecule has 0 spiro atoms. The molecule has 2 aromatic heterocycles. The summed E-state index contributed by atoms with van der Waals surface area (Å²) >= 11 is 0. The van der Waals surface area contributed by atoms with E-state index in [1.54, 1.807) is 6.07 Å². The second-order valence-electron chi connectivity index (χ2n) is 4.17. The van der Waals surface area contributed by atoms with Crippen LogP contribution in [0.5, 0.6) is 0 Å². The van der Waals surface area contributed by atoms with Crippen LogP contribution in [-0.4, -0.2) is 20.4 Å². The Balaban J connectivity index is 2.36. The lowest BCUT2D eigenvalue weighted by molar-refractivity contribution is -0.0644. The fourth-order valence-corrected chi connectivity index (χ4v) is 1.75. The van der Waals surface area contributed by atoms with Gasteiger partial charge in [0, 0.05) is 0 Å². The van der Waals surface area contributed by atoms with Crippen LogP contribution in [0.4, 0.5) is 0 Å². The van der Waals surface area contributed by atoms with Crippen LogP contribution in [0.15, 0.2) is 33.1 Å². The molecule has 0 saturated carbocycles. The van der Waals surface area contributed by atoms with Gasteiger partial charge in [0.25, 0.3) is 0 Å². The van der Waals surface area contributed by atoms with E-state index >= 15 is 0 Å². The molecule has 0 bridgehead atoms. The minimum absolute atomic E-state index is 0.0833. The van der Waals surface area contributed by atoms with Crippen LogP contribution in [-0.2, 0) is 18.8 Å². The van der Waals surface area contributed by atoms with E-state index < -0.39 is 18.3 Å². The monoisotopic (exact) mass is 279 g/mol. The zero-order valence-electron chi connectivity index (χ0n) is 10.4. The Morgan fingerprint density at radius 3 is 2.20 bits per heavy atom. The van der Waals surface area contributed by atoms with Gasteiger partial charge in [-0.1, -0.05) is 0 Å². The number of furan rings is 2. The first kappa shape index (κ1) is 14.3. The van der Waals surface area contributed by atoms with Crippen molar-refractivity contribution in [3.05, 3.63) is 47.3 Å². The lowest BCUT2D eigenvalue weighted by Crippen LogP contribution is -2.31. The SMILES string of the molecule is N#CC(O)(c1ccc(CO)o1)C(O)c1ccc(CO)o1. The molecule has 0 aliphatic rings. The van der Waals surface area contributed by atoms with Crippen LogP contribution in [0.3, 0.4) is 0 Å². The van der Waals surface area contributed by atoms with Crippen LogP contribution in [0.2, 0.25) is 0 Å². The average Bonchev–Trinajstić information content (AvgIpc) is 3.14. The highest BCUT2D eigenvalue weighted by molar-refractivity contribution is 5.27. The molecule has 2 unspecified atom stereocenters. The van der Waals surface area contributed by atoms with Crippen molar-refractivity contribution in [2.24, 2.45) is 0 Å². The van der Waals surface area contributed by atoms with Gasteiger partial charge >= 0.3 is 0 Å². The highest BCUT2D eigenvalue weighted by Gasteiger charge is 2.44. The standard InChI is InChI=1S/C13H13NO6/c14-7-13(18,11-4-2-9(6-16)20-11)12(17)10-3-1-8(5-15)19-10/h1-4,12,15-18H,5-6H2. The van der Waals surface area contributed by atoms with Crippen LogP contribution in [0, 0.1) is 11.3 Å². The van der Waals surface area contributed by atoms with Crippen molar-refractivity contribution in [3.63, 3.8) is 0 Å². The molecule has 0 aliphatic heterocycles. The summed E-state index contributed by atoms with van der Waals surface area (Å²) in [6.45, 7) is -0.764. The number of hydrogen-bond donors (Lipinski definition) is 4. The van der Waals surface area contributed by atoms with Gasteiger partial charge in [0.1, 0.15) is 36.6 Å². The van der Waals surface area contributed by atoms with E-state index in [0.29, 0.717) is 0 Å². The van der Waals surface area contributed by atoms with Gasteiger partial charge < -0.3 is 29.3 Å². The van der Waals surface area contributed by atoms with Gasteiger partial charge in [0.2, 0.25) is 5.60 Å². The van der Waals surface area contributed by atoms with Gasteiger partial charge in [-0.3, -0.25) is 0 Å². The number of hydrogen-bond acceptors (Lipinski definition) is 7. The Hall–Kier alpha value is -2.11. The third-order valence-corrected chi connectivity index (χ3v) is 2.87. The summed E-state index contributed by atoms with van der Waals surface area (Å²) in [4.78, 5) is 0. The first-order chi connectivity index (χ1) is 9.55. The van der Waals surface area contributed by atoms with Crippen LogP contribution in [0.1, 0.15) is 29.1 Å². The molecule has 2 atom stereocenters. The van der Waals surface area contributed by atoms with Gasteiger partial charge in [0.15, 0.2) is 11.9 Å². The van der Waals surface area contributed by atoms with E-state index in [9.17, 15) is 10.2 Å². The molecule has 0 radical (unpaired) electrons. The first-order valence-electron chi connectivity index (χ1n) is 5.76. The summed E-state index contributed by atoms with van der Waals surface area (Å²) in [7, 11) is 0. The predicted octanol–water partition coefficient (Wildman–Crippen LogP) is 0.302. The highest BCUT2D eigenvalue weighted by Crippen LogP contribution is 2.36. The van der Waals surface area contributed by atoms with Gasteiger partial charge in [-0.15, -0.1) is 0 Å². The van der Waals surface area contributed by atoms with Crippen molar-refractivity contribution in [3.8, 4) is 6.07 Å². The predicted molar refractivity (Wildman–Crippen MR) is 63.7 cm³/mol. The number of rotatable bonds is 5. The molecule has 0 aliphatic carbocycles. The summed E-state index contributed by atoms with van der Waals surface area (Å²) in [6.07, 6.45) is -1.70. The Morgan fingerprint density at radius 1 is 1.10 bits per heavy atom. The molecule has 0 fully saturated rings. The third kappa shape index (κ3) is 2.33. The van der Waals surface area contributed by atoms with Crippen LogP contribution >= 0.6 is 0 Å². The van der Waals surface area contributed by atoms with E-state index in [0.717, 1.165) is 0 Å². The zero-order chi connectivity index (χ0) is 14.8. The largest absolute Gasteiger partial charge is 0.461 e. The highest BCUT2D eigenvalue weighted by atomic mass is 16.4. The Labute approximate surface area is 113 Å². The Kier molecular flexibility index (Phi) is 3.92. The third-order valence-electron chi connectivity index (χ3n) is 2.87. The van der Waals surface area contributed by atoms with Crippen molar-refractivity contribution in [2.75, 3.05) is 0 Å². The lowest BCUT2D eigenvalue weighted by Gasteiger charge is -2.22. The molecule has 2 heterocycles. The number of nitrogens with zero attached hydrogens (tertiary/aromatic N) is 1. The summed E-state index contributed by atoms with van der Waals surface area (Å²) in [6, 6.07) is 6.99. The smallest absolute Gasteiger partial charge is 0.242 e. The Morgan fingerprint density at radius 2 is 1.70 bits per heavy atom. The maximum atomic E-state index is 10.3. The quantitative estimate of drug-likeness (QED) is 0.579. The van der Waals surface area contributed by atoms with Crippen LogP contribution < -0.4 is 0 Å². The average molecular weight is 279 g/mol. The molecule has 2 aromatic rings. The minimum Gasteiger partial charge on any atom is -0.461 e. The van der Waals surface area contributed by atoms with Crippen molar-refractivity contribution >= 4 is 0 Å². The van der Waals surface area contributed by atoms with Gasteiger partial charge in [-0.05, 0) is 24.3 Å². The maximum Gasteiger partial charge on any atom is 0.242 e. The minimum atomic E-state index is -2.36. The fourth-order valence-electron chi connectivity index (χ4n) is 1.75. The van der Waals surface area contributed by atoms with Gasteiger partial charge in [-0.25, -0.2) is 0 Å². The number of aliphatic hydroxyl groups excluding tert-OH is 3. The molecular weight excluding hydrogens is 266 g/mol. The zero-order valence-corrected chi connectivity index (χ0v) is 10.4. The molecule has 106 valence electrons. The summed E-state index contributed by atoms with van der Waals surface area (Å²) < 4.78 is 10.2. The van der Waals surface area contributed by atoms with E-state index in [4.69, 9.17) is 24.3 Å². The van der Waals surface area contributed by atoms with Gasteiger partial charge in [-0.2, -0.15) is 5.26 Å². The molecule has 0 amide bonds. The molecule has 0 saturated heterocycles. The number of aliphatic hydroxyl groups is 4. The fraction of sp³-hybridized carbons (Fsp3) is 0.308. The summed E-state index contributed by atoms with van der Waals surface area (Å²) in [5.74, 6) is 0.0461. The van der Waals surface area contributed by atoms with Crippen molar-refractivity contribution < 1.29 is 29.3 Å². The lowest BCUT2D eigenvalue weighted by atomic mass is 9.94. The normalized spacial score (nSPS) is 15.6. The van der Waals surface area contributed by atoms with E-state index in [1.807, 2.05) is 0 Å². The molecular formula is C13H13NO6. The van der Waals surface area contributed by atoms with E-state index in [1.165, 1.54) is 24.3 Å². The topological polar surface area (TPSA) is 131 Å². The van der Waals surface area contributed by atoms with E-state index in [2.05, 4.69) is 0 Å². The molecule has 7 nitrogen and oxygen atoms in total. The van der Waals surface area contributed by atoms with Gasteiger partial charge in [0.05, 0.1) is 0 Å². The molecule has 4 N–H and O–H groups in total. The summed E-state index contributed by atoms with van der Waals surface area (Å²) in [5.41, 5.74) is -2.36. The maximum absolute atomic E-state index is 10.3. The summed E-state index contributed by atoms with van der Waals surface area (Å²) in [5, 5.41) is 47.4. The molecule has 20 heavy (non-hydrogen) atoms. The molecule has 2 rings (SSSR count). The van der Waals surface area contributed by atoms with Crippen molar-refractivity contribution in [2.45, 2.75) is 24.9 Å². The first-order valence-corrected chi connectivity index (χ1v) is 5.76.